The van der Waals surface area contributed by atoms with Gasteiger partial charge in [-0.2, -0.15) is 15.8 Å². The molecule has 3 fully saturated rings. The van der Waals surface area contributed by atoms with Gasteiger partial charge in [-0.1, -0.05) is 19.3 Å². The molecule has 1 heterocycles. The zero-order chi connectivity index (χ0) is 16.3. The molecule has 2 saturated carbocycles. The monoisotopic (exact) mass is 345 g/mol. The van der Waals surface area contributed by atoms with E-state index in [1.54, 1.807) is 14.2 Å². The number of nitrogens with zero attached hydrogens (tertiary/aromatic N) is 2. The van der Waals surface area contributed by atoms with Crippen LogP contribution in [0.2, 0.25) is 0 Å². The van der Waals surface area contributed by atoms with E-state index in [1.165, 1.54) is 44.9 Å². The largest absolute Gasteiger partial charge is 1.00 e. The van der Waals surface area contributed by atoms with E-state index in [0.717, 1.165) is 26.3 Å². The van der Waals surface area contributed by atoms with Crippen molar-refractivity contribution in [3.05, 3.63) is 6.42 Å². The SMILES string of the molecule is [B][P+]1(C2[CH-]CCC2)N(CCOC)C2CCCCC2N1CCOC.[Li+]. The molecule has 24 heavy (non-hydrogen) atoms. The van der Waals surface area contributed by atoms with Crippen molar-refractivity contribution in [1.82, 2.24) is 9.34 Å². The fraction of sp³-hybridized carbons (Fsp3) is 0.941. The van der Waals surface area contributed by atoms with E-state index in [-0.39, 0.29) is 18.9 Å². The normalized spacial score (nSPS) is 37.3. The molecule has 0 aromatic heterocycles. The van der Waals surface area contributed by atoms with Gasteiger partial charge >= 0.3 is 26.4 Å². The third-order valence-corrected chi connectivity index (χ3v) is 10.0. The third-order valence-electron chi connectivity index (χ3n) is 5.96. The molecule has 1 aliphatic heterocycles. The molecule has 3 atom stereocenters. The van der Waals surface area contributed by atoms with Gasteiger partial charge in [-0.25, -0.2) is 0 Å². The van der Waals surface area contributed by atoms with Crippen LogP contribution in [0.4, 0.5) is 0 Å². The van der Waals surface area contributed by atoms with Gasteiger partial charge in [0, 0.05) is 14.2 Å². The molecule has 0 bridgehead atoms. The predicted molar refractivity (Wildman–Crippen MR) is 97.8 cm³/mol. The number of ether oxygens (including phenoxy) is 2. The molecule has 0 spiro atoms. The fourth-order valence-electron chi connectivity index (χ4n) is 4.91. The molecule has 0 aromatic rings. The van der Waals surface area contributed by atoms with Gasteiger partial charge in [-0.3, -0.25) is 6.42 Å². The summed E-state index contributed by atoms with van der Waals surface area (Å²) in [6, 6.07) is 1.26. The molecule has 0 aromatic carbocycles. The van der Waals surface area contributed by atoms with Crippen molar-refractivity contribution in [1.29, 1.82) is 0 Å². The second-order valence-electron chi connectivity index (χ2n) is 7.17. The average molecular weight is 345 g/mol. The molecular formula is C17H32BLiN2O2P+. The predicted octanol–water partition coefficient (Wildman–Crippen LogP) is -0.100. The summed E-state index contributed by atoms with van der Waals surface area (Å²) < 4.78 is 16.2. The minimum Gasteiger partial charge on any atom is -0.383 e. The van der Waals surface area contributed by atoms with Gasteiger partial charge in [0.15, 0.2) is 0 Å². The first-order valence-corrected chi connectivity index (χ1v) is 11.1. The minimum absolute atomic E-state index is 0. The molecule has 0 amide bonds. The van der Waals surface area contributed by atoms with Crippen molar-refractivity contribution in [3.63, 3.8) is 0 Å². The van der Waals surface area contributed by atoms with E-state index < -0.39 is 7.44 Å². The first kappa shape index (κ1) is 21.2. The third kappa shape index (κ3) is 3.94. The molecule has 1 saturated heterocycles. The molecule has 4 nitrogen and oxygen atoms in total. The summed E-state index contributed by atoms with van der Waals surface area (Å²) in [5.41, 5.74) is 0.571. The van der Waals surface area contributed by atoms with Gasteiger partial charge in [0.2, 0.25) is 0 Å². The zero-order valence-electron chi connectivity index (χ0n) is 15.8. The van der Waals surface area contributed by atoms with Gasteiger partial charge in [0.05, 0.1) is 45.8 Å². The van der Waals surface area contributed by atoms with Crippen molar-refractivity contribution in [2.45, 2.75) is 62.7 Å². The molecule has 0 N–H and O–H groups in total. The number of methoxy groups -OCH3 is 2. The van der Waals surface area contributed by atoms with Crippen LogP contribution in [0.1, 0.15) is 44.9 Å². The van der Waals surface area contributed by atoms with Crippen LogP contribution in [-0.4, -0.2) is 75.2 Å². The first-order chi connectivity index (χ1) is 11.2. The Morgan fingerprint density at radius 3 is 1.92 bits per heavy atom. The number of hydrogen-bond donors (Lipinski definition) is 0. The van der Waals surface area contributed by atoms with Crippen molar-refractivity contribution < 1.29 is 28.3 Å². The van der Waals surface area contributed by atoms with Crippen molar-refractivity contribution in [2.24, 2.45) is 0 Å². The second-order valence-corrected chi connectivity index (χ2v) is 10.3. The molecule has 7 heteroatoms. The Morgan fingerprint density at radius 1 is 0.958 bits per heavy atom. The van der Waals surface area contributed by atoms with Gasteiger partial charge in [-0.15, -0.1) is 0 Å². The summed E-state index contributed by atoms with van der Waals surface area (Å²) in [6.45, 7) is 3.53. The number of fused-ring (bicyclic) bond motifs is 1. The van der Waals surface area contributed by atoms with Crippen LogP contribution in [0.5, 0.6) is 0 Å². The maximum atomic E-state index is 7.31. The van der Waals surface area contributed by atoms with E-state index in [2.05, 4.69) is 15.8 Å². The summed E-state index contributed by atoms with van der Waals surface area (Å²) >= 11 is 0. The van der Waals surface area contributed by atoms with Gasteiger partial charge < -0.3 is 9.47 Å². The summed E-state index contributed by atoms with van der Waals surface area (Å²) in [6.07, 6.45) is 11.6. The summed E-state index contributed by atoms with van der Waals surface area (Å²) in [4.78, 5) is 0. The maximum absolute atomic E-state index is 7.31. The van der Waals surface area contributed by atoms with Crippen LogP contribution in [0.15, 0.2) is 0 Å². The van der Waals surface area contributed by atoms with E-state index in [9.17, 15) is 0 Å². The number of rotatable bonds is 7. The number of hydrogen-bond acceptors (Lipinski definition) is 4. The Morgan fingerprint density at radius 2 is 1.50 bits per heavy atom. The average Bonchev–Trinajstić information content (AvgIpc) is 3.18. The summed E-state index contributed by atoms with van der Waals surface area (Å²) in [5, 5.41) is 0. The van der Waals surface area contributed by atoms with Gasteiger partial charge in [-0.05, 0) is 24.9 Å². The second kappa shape index (κ2) is 9.75. The fourth-order valence-corrected chi connectivity index (χ4v) is 9.28. The van der Waals surface area contributed by atoms with Crippen molar-refractivity contribution in [2.75, 3.05) is 40.5 Å². The van der Waals surface area contributed by atoms with Crippen LogP contribution in [0, 0.1) is 6.42 Å². The molecule has 3 unspecified atom stereocenters. The maximum Gasteiger partial charge on any atom is 1.00 e. The summed E-state index contributed by atoms with van der Waals surface area (Å²) in [5.74, 6) is 0. The van der Waals surface area contributed by atoms with E-state index in [1.807, 2.05) is 0 Å². The van der Waals surface area contributed by atoms with Crippen molar-refractivity contribution in [3.8, 4) is 0 Å². The molecule has 3 aliphatic rings. The molecule has 130 valence electrons. The minimum atomic E-state index is -1.80. The Balaban J connectivity index is 0.00000208. The Bertz CT molecular complexity index is 364. The van der Waals surface area contributed by atoms with E-state index >= 15 is 0 Å². The topological polar surface area (TPSA) is 24.9 Å². The van der Waals surface area contributed by atoms with Crippen LogP contribution in [-0.2, 0) is 9.47 Å². The van der Waals surface area contributed by atoms with Gasteiger partial charge in [0.1, 0.15) is 0 Å². The first-order valence-electron chi connectivity index (χ1n) is 9.26. The Kier molecular flexibility index (Phi) is 8.62. The van der Waals surface area contributed by atoms with E-state index in [0.29, 0.717) is 17.7 Å². The van der Waals surface area contributed by atoms with Crippen LogP contribution in [0.3, 0.4) is 0 Å². The van der Waals surface area contributed by atoms with Crippen LogP contribution >= 0.6 is 7.44 Å². The Hall–Kier alpha value is 0.932. The molecule has 3 rings (SSSR count). The van der Waals surface area contributed by atoms with E-state index in [4.69, 9.17) is 17.0 Å². The molecule has 2 radical (unpaired) electrons. The van der Waals surface area contributed by atoms with Gasteiger partial charge in [0.25, 0.3) is 0 Å². The quantitative estimate of drug-likeness (QED) is 0.366. The van der Waals surface area contributed by atoms with Crippen LogP contribution in [0.25, 0.3) is 0 Å². The molecular weight excluding hydrogens is 313 g/mol. The zero-order valence-corrected chi connectivity index (χ0v) is 16.7. The van der Waals surface area contributed by atoms with Crippen LogP contribution < -0.4 is 18.9 Å². The Labute approximate surface area is 162 Å². The molecule has 2 aliphatic carbocycles. The summed E-state index contributed by atoms with van der Waals surface area (Å²) in [7, 11) is 9.12. The smallest absolute Gasteiger partial charge is 0.383 e. The standard InChI is InChI=1S/C17H32BN2O2P.Li/c1-21-13-11-19-16-9-5-6-10-17(16)20(12-14-22-2)23(19,18)15-7-3-4-8-15;/h7,15-17H,3-6,8-14H2,1-2H3;/q;+1. The van der Waals surface area contributed by atoms with Crippen molar-refractivity contribution >= 4 is 15.0 Å².